The van der Waals surface area contributed by atoms with Crippen LogP contribution in [0.25, 0.3) is 0 Å². The standard InChI is InChI=1S/C20H42O/c1-3-5-7-8-9-13-17-20(16-12-6-4-2)18-14-10-11-15-19-21/h20-21H,3-19H2,1-2H3. The number of rotatable bonds is 17. The molecule has 0 aromatic carbocycles. The van der Waals surface area contributed by atoms with Crippen LogP contribution in [0.3, 0.4) is 0 Å². The lowest BCUT2D eigenvalue weighted by Crippen LogP contribution is -2.01. The van der Waals surface area contributed by atoms with E-state index in [4.69, 9.17) is 5.11 Å². The molecule has 0 bridgehead atoms. The van der Waals surface area contributed by atoms with Gasteiger partial charge in [-0.3, -0.25) is 0 Å². The molecule has 1 nitrogen and oxygen atoms in total. The first kappa shape index (κ1) is 21.0. The maximum atomic E-state index is 8.82. The second-order valence-corrected chi connectivity index (χ2v) is 6.84. The summed E-state index contributed by atoms with van der Waals surface area (Å²) in [5, 5.41) is 8.82. The van der Waals surface area contributed by atoms with Crippen molar-refractivity contribution in [2.45, 2.75) is 117 Å². The molecule has 0 heterocycles. The zero-order chi connectivity index (χ0) is 15.6. The molecule has 1 N–H and O–H groups in total. The summed E-state index contributed by atoms with van der Waals surface area (Å²) in [6.45, 7) is 4.97. The van der Waals surface area contributed by atoms with Gasteiger partial charge in [0.2, 0.25) is 0 Å². The number of unbranched alkanes of at least 4 members (excludes halogenated alkanes) is 10. The van der Waals surface area contributed by atoms with Crippen molar-refractivity contribution in [3.8, 4) is 0 Å². The van der Waals surface area contributed by atoms with Gasteiger partial charge in [0.05, 0.1) is 0 Å². The zero-order valence-electron chi connectivity index (χ0n) is 15.0. The fraction of sp³-hybridized carbons (Fsp3) is 1.00. The molecular weight excluding hydrogens is 256 g/mol. The van der Waals surface area contributed by atoms with Crippen LogP contribution in [0.4, 0.5) is 0 Å². The van der Waals surface area contributed by atoms with Crippen LogP contribution in [0.2, 0.25) is 0 Å². The van der Waals surface area contributed by atoms with Gasteiger partial charge >= 0.3 is 0 Å². The van der Waals surface area contributed by atoms with Gasteiger partial charge in [-0.15, -0.1) is 0 Å². The van der Waals surface area contributed by atoms with Gasteiger partial charge in [-0.1, -0.05) is 110 Å². The van der Waals surface area contributed by atoms with Gasteiger partial charge in [0.1, 0.15) is 0 Å². The predicted molar refractivity (Wildman–Crippen MR) is 95.8 cm³/mol. The first-order valence-electron chi connectivity index (χ1n) is 9.96. The van der Waals surface area contributed by atoms with Gasteiger partial charge in [0.15, 0.2) is 0 Å². The smallest absolute Gasteiger partial charge is 0.0431 e. The Morgan fingerprint density at radius 2 is 0.905 bits per heavy atom. The highest BCUT2D eigenvalue weighted by Gasteiger charge is 2.08. The molecule has 1 heteroatoms. The minimum atomic E-state index is 0.373. The van der Waals surface area contributed by atoms with Crippen LogP contribution in [0, 0.1) is 5.92 Å². The Hall–Kier alpha value is -0.0400. The minimum absolute atomic E-state index is 0.373. The summed E-state index contributed by atoms with van der Waals surface area (Å²) in [5.74, 6) is 0.983. The molecule has 21 heavy (non-hydrogen) atoms. The van der Waals surface area contributed by atoms with E-state index in [1.165, 1.54) is 96.3 Å². The third-order valence-electron chi connectivity index (χ3n) is 4.70. The highest BCUT2D eigenvalue weighted by molar-refractivity contribution is 4.61. The Labute approximate surface area is 134 Å². The van der Waals surface area contributed by atoms with E-state index in [0.717, 1.165) is 12.3 Å². The summed E-state index contributed by atoms with van der Waals surface area (Å²) in [6, 6.07) is 0. The van der Waals surface area contributed by atoms with Crippen molar-refractivity contribution in [3.63, 3.8) is 0 Å². The molecule has 0 aromatic rings. The van der Waals surface area contributed by atoms with Crippen LogP contribution >= 0.6 is 0 Å². The van der Waals surface area contributed by atoms with Gasteiger partial charge in [0.25, 0.3) is 0 Å². The van der Waals surface area contributed by atoms with Crippen molar-refractivity contribution in [1.29, 1.82) is 0 Å². The van der Waals surface area contributed by atoms with Gasteiger partial charge in [-0.2, -0.15) is 0 Å². The maximum Gasteiger partial charge on any atom is 0.0431 e. The average Bonchev–Trinajstić information content (AvgIpc) is 2.50. The Kier molecular flexibility index (Phi) is 18.0. The first-order chi connectivity index (χ1) is 10.3. The van der Waals surface area contributed by atoms with E-state index in [1.807, 2.05) is 0 Å². The SMILES string of the molecule is CCCCCCCCC(CCCCC)CCCCCCO. The molecule has 0 spiro atoms. The van der Waals surface area contributed by atoms with Crippen molar-refractivity contribution in [2.75, 3.05) is 6.61 Å². The Morgan fingerprint density at radius 1 is 0.524 bits per heavy atom. The highest BCUT2D eigenvalue weighted by Crippen LogP contribution is 2.24. The van der Waals surface area contributed by atoms with Crippen molar-refractivity contribution in [1.82, 2.24) is 0 Å². The summed E-state index contributed by atoms with van der Waals surface area (Å²) in [7, 11) is 0. The van der Waals surface area contributed by atoms with Gasteiger partial charge < -0.3 is 5.11 Å². The predicted octanol–water partition coefficient (Wildman–Crippen LogP) is 6.88. The summed E-state index contributed by atoms with van der Waals surface area (Å²) in [4.78, 5) is 0. The molecule has 0 fully saturated rings. The van der Waals surface area contributed by atoms with Crippen molar-refractivity contribution < 1.29 is 5.11 Å². The number of hydrogen-bond donors (Lipinski definition) is 1. The molecule has 0 aliphatic heterocycles. The lowest BCUT2D eigenvalue weighted by atomic mass is 9.90. The summed E-state index contributed by atoms with van der Waals surface area (Å²) in [6.07, 6.45) is 22.1. The molecule has 0 radical (unpaired) electrons. The van der Waals surface area contributed by atoms with Gasteiger partial charge in [0, 0.05) is 6.61 Å². The molecule has 0 aliphatic rings. The maximum absolute atomic E-state index is 8.82. The fourth-order valence-electron chi connectivity index (χ4n) is 3.23. The number of hydrogen-bond acceptors (Lipinski definition) is 1. The average molecular weight is 299 g/mol. The first-order valence-corrected chi connectivity index (χ1v) is 9.96. The van der Waals surface area contributed by atoms with Crippen LogP contribution in [0.5, 0.6) is 0 Å². The van der Waals surface area contributed by atoms with E-state index >= 15 is 0 Å². The minimum Gasteiger partial charge on any atom is -0.396 e. The third kappa shape index (κ3) is 16.2. The molecule has 128 valence electrons. The van der Waals surface area contributed by atoms with Crippen LogP contribution in [-0.2, 0) is 0 Å². The summed E-state index contributed by atoms with van der Waals surface area (Å²) in [5.41, 5.74) is 0. The normalized spacial score (nSPS) is 12.7. The van der Waals surface area contributed by atoms with Crippen LogP contribution in [0.1, 0.15) is 117 Å². The van der Waals surface area contributed by atoms with Gasteiger partial charge in [-0.05, 0) is 12.3 Å². The second kappa shape index (κ2) is 18.0. The molecule has 0 aromatic heterocycles. The molecule has 0 saturated heterocycles. The monoisotopic (exact) mass is 298 g/mol. The molecule has 1 atom stereocenters. The highest BCUT2D eigenvalue weighted by atomic mass is 16.2. The van der Waals surface area contributed by atoms with Crippen LogP contribution < -0.4 is 0 Å². The quantitative estimate of drug-likeness (QED) is 0.290. The molecule has 0 saturated carbocycles. The summed E-state index contributed by atoms with van der Waals surface area (Å²) >= 11 is 0. The molecular formula is C20H42O. The molecule has 1 unspecified atom stereocenters. The topological polar surface area (TPSA) is 20.2 Å². The van der Waals surface area contributed by atoms with E-state index in [-0.39, 0.29) is 0 Å². The summed E-state index contributed by atoms with van der Waals surface area (Å²) < 4.78 is 0. The lowest BCUT2D eigenvalue weighted by Gasteiger charge is -2.17. The molecule has 0 rings (SSSR count). The number of aliphatic hydroxyl groups is 1. The fourth-order valence-corrected chi connectivity index (χ4v) is 3.23. The van der Waals surface area contributed by atoms with E-state index in [0.29, 0.717) is 6.61 Å². The molecule has 0 aliphatic carbocycles. The van der Waals surface area contributed by atoms with E-state index in [1.54, 1.807) is 0 Å². The largest absolute Gasteiger partial charge is 0.396 e. The van der Waals surface area contributed by atoms with Crippen LogP contribution in [0.15, 0.2) is 0 Å². The lowest BCUT2D eigenvalue weighted by molar-refractivity contribution is 0.280. The van der Waals surface area contributed by atoms with E-state index in [2.05, 4.69) is 13.8 Å². The van der Waals surface area contributed by atoms with E-state index < -0.39 is 0 Å². The van der Waals surface area contributed by atoms with E-state index in [9.17, 15) is 0 Å². The Morgan fingerprint density at radius 3 is 1.43 bits per heavy atom. The Balaban J connectivity index is 3.64. The van der Waals surface area contributed by atoms with Crippen molar-refractivity contribution >= 4 is 0 Å². The Bertz CT molecular complexity index is 179. The van der Waals surface area contributed by atoms with Crippen LogP contribution in [-0.4, -0.2) is 11.7 Å². The number of aliphatic hydroxyl groups excluding tert-OH is 1. The third-order valence-corrected chi connectivity index (χ3v) is 4.70. The van der Waals surface area contributed by atoms with Crippen molar-refractivity contribution in [3.05, 3.63) is 0 Å². The zero-order valence-corrected chi connectivity index (χ0v) is 15.0. The van der Waals surface area contributed by atoms with Gasteiger partial charge in [-0.25, -0.2) is 0 Å². The molecule has 0 amide bonds. The second-order valence-electron chi connectivity index (χ2n) is 6.84. The van der Waals surface area contributed by atoms with Crippen molar-refractivity contribution in [2.24, 2.45) is 5.92 Å².